The Morgan fingerprint density at radius 3 is 2.24 bits per heavy atom. The summed E-state index contributed by atoms with van der Waals surface area (Å²) in [5, 5.41) is 9.63. The predicted octanol–water partition coefficient (Wildman–Crippen LogP) is 2.82. The molecule has 1 amide bonds. The van der Waals surface area contributed by atoms with Gasteiger partial charge in [0, 0.05) is 13.1 Å². The molecule has 2 aromatic rings. The summed E-state index contributed by atoms with van der Waals surface area (Å²) >= 11 is 0. The van der Waals surface area contributed by atoms with Gasteiger partial charge in [-0.2, -0.15) is 0 Å². The van der Waals surface area contributed by atoms with Gasteiger partial charge in [-0.1, -0.05) is 24.3 Å². The van der Waals surface area contributed by atoms with E-state index in [4.69, 9.17) is 24.7 Å². The Labute approximate surface area is 214 Å². The summed E-state index contributed by atoms with van der Waals surface area (Å²) < 4.78 is 21.3. The highest BCUT2D eigenvalue weighted by atomic mass is 16.6. The summed E-state index contributed by atoms with van der Waals surface area (Å²) in [5.41, 5.74) is 6.89. The van der Waals surface area contributed by atoms with Crippen molar-refractivity contribution < 1.29 is 38.4 Å². The van der Waals surface area contributed by atoms with E-state index in [1.807, 2.05) is 0 Å². The van der Waals surface area contributed by atoms with E-state index in [9.17, 15) is 19.5 Å². The number of nitrogens with zero attached hydrogens (tertiary/aromatic N) is 1. The van der Waals surface area contributed by atoms with Gasteiger partial charge in [-0.05, 0) is 47.5 Å². The van der Waals surface area contributed by atoms with Gasteiger partial charge in [-0.25, -0.2) is 4.79 Å². The maximum atomic E-state index is 12.5. The van der Waals surface area contributed by atoms with Gasteiger partial charge in [0.05, 0.1) is 39.9 Å². The van der Waals surface area contributed by atoms with E-state index >= 15 is 0 Å². The highest BCUT2D eigenvalue weighted by Gasteiger charge is 2.25. The number of nitrogens with two attached hydrogens (primary N) is 1. The second kappa shape index (κ2) is 13.2. The average molecular weight is 511 g/mol. The minimum absolute atomic E-state index is 0.00753. The zero-order valence-corrected chi connectivity index (χ0v) is 20.7. The van der Waals surface area contributed by atoms with Crippen molar-refractivity contribution in [2.24, 2.45) is 5.73 Å². The number of rotatable bonds is 10. The van der Waals surface area contributed by atoms with Crippen LogP contribution in [0.3, 0.4) is 0 Å². The third-order valence-corrected chi connectivity index (χ3v) is 5.52. The molecule has 2 aromatic carbocycles. The fourth-order valence-electron chi connectivity index (χ4n) is 3.52. The van der Waals surface area contributed by atoms with Crippen LogP contribution >= 0.6 is 0 Å². The molecule has 0 radical (unpaired) electrons. The number of carbonyl (C=O) groups is 3. The third kappa shape index (κ3) is 7.92. The van der Waals surface area contributed by atoms with Crippen LogP contribution in [0.5, 0.6) is 23.0 Å². The van der Waals surface area contributed by atoms with Crippen LogP contribution in [0.2, 0.25) is 0 Å². The quantitative estimate of drug-likeness (QED) is 0.365. The number of morpholine rings is 1. The molecule has 1 atom stereocenters. The number of ether oxygens (including phenoxy) is 4. The molecule has 10 nitrogen and oxygen atoms in total. The molecule has 0 aliphatic carbocycles. The average Bonchev–Trinajstić information content (AvgIpc) is 2.91. The number of allylic oxidation sites excluding steroid dienone is 2. The molecule has 0 bridgehead atoms. The van der Waals surface area contributed by atoms with Crippen molar-refractivity contribution in [1.29, 1.82) is 0 Å². The van der Waals surface area contributed by atoms with E-state index in [1.54, 1.807) is 42.5 Å². The second-order valence-electron chi connectivity index (χ2n) is 8.16. The third-order valence-electron chi connectivity index (χ3n) is 5.52. The predicted molar refractivity (Wildman–Crippen MR) is 137 cm³/mol. The van der Waals surface area contributed by atoms with Crippen molar-refractivity contribution in [1.82, 2.24) is 4.90 Å². The molecule has 1 aliphatic rings. The number of ketones is 2. The molecule has 1 aliphatic heterocycles. The standard InChI is InChI=1S/C27H30N2O8/c1-34-25-13-18(5-9-23(25)32)3-7-20(30)15-21(31)8-4-19-6-10-24(26(14-19)35-2)37-27(33)29-11-12-36-22(16-28)17-29/h3-10,13-14,22,32H,11-12,15-17,28H2,1-2H3. The van der Waals surface area contributed by atoms with Crippen LogP contribution in [0.1, 0.15) is 17.5 Å². The van der Waals surface area contributed by atoms with Gasteiger partial charge in [0.1, 0.15) is 0 Å². The summed E-state index contributed by atoms with van der Waals surface area (Å²) in [6, 6.07) is 9.51. The van der Waals surface area contributed by atoms with Gasteiger partial charge in [-0.15, -0.1) is 0 Å². The molecule has 1 heterocycles. The van der Waals surface area contributed by atoms with Crippen LogP contribution in [0, 0.1) is 0 Å². The molecule has 0 aromatic heterocycles. The van der Waals surface area contributed by atoms with Gasteiger partial charge in [0.25, 0.3) is 0 Å². The number of aromatic hydroxyl groups is 1. The van der Waals surface area contributed by atoms with Crippen LogP contribution in [0.4, 0.5) is 4.79 Å². The first-order valence-electron chi connectivity index (χ1n) is 11.6. The monoisotopic (exact) mass is 510 g/mol. The van der Waals surface area contributed by atoms with Crippen molar-refractivity contribution >= 4 is 29.8 Å². The molecule has 10 heteroatoms. The fourth-order valence-corrected chi connectivity index (χ4v) is 3.52. The van der Waals surface area contributed by atoms with Crippen molar-refractivity contribution in [2.45, 2.75) is 12.5 Å². The van der Waals surface area contributed by atoms with E-state index in [0.717, 1.165) is 0 Å². The highest BCUT2D eigenvalue weighted by molar-refractivity contribution is 6.10. The second-order valence-corrected chi connectivity index (χ2v) is 8.16. The molecule has 196 valence electrons. The van der Waals surface area contributed by atoms with E-state index < -0.39 is 6.09 Å². The van der Waals surface area contributed by atoms with Crippen molar-refractivity contribution in [3.63, 3.8) is 0 Å². The van der Waals surface area contributed by atoms with Gasteiger partial charge in [-0.3, -0.25) is 9.59 Å². The fraction of sp³-hybridized carbons (Fsp3) is 0.296. The molecule has 3 rings (SSSR count). The summed E-state index contributed by atoms with van der Waals surface area (Å²) in [6.07, 6.45) is 4.62. The maximum absolute atomic E-state index is 12.5. The Balaban J connectivity index is 1.57. The van der Waals surface area contributed by atoms with Gasteiger partial charge >= 0.3 is 6.09 Å². The summed E-state index contributed by atoms with van der Waals surface area (Å²) in [6.45, 7) is 1.44. The first kappa shape index (κ1) is 27.4. The molecule has 0 saturated carbocycles. The number of hydrogen-bond donors (Lipinski definition) is 2. The number of phenols is 1. The molecular formula is C27H30N2O8. The molecular weight excluding hydrogens is 480 g/mol. The van der Waals surface area contributed by atoms with Crippen molar-refractivity contribution in [2.75, 3.05) is 40.5 Å². The number of benzene rings is 2. The van der Waals surface area contributed by atoms with E-state index in [-0.39, 0.29) is 41.3 Å². The van der Waals surface area contributed by atoms with E-state index in [1.165, 1.54) is 37.3 Å². The van der Waals surface area contributed by atoms with Crippen molar-refractivity contribution in [3.05, 3.63) is 59.7 Å². The molecule has 0 spiro atoms. The SMILES string of the molecule is COc1cc(C=CC(=O)CC(=O)C=Cc2ccc(OC(=O)N3CCOC(CN)C3)c(OC)c2)ccc1O. The number of carbonyl (C=O) groups excluding carboxylic acids is 3. The lowest BCUT2D eigenvalue weighted by molar-refractivity contribution is -0.121. The molecule has 1 unspecified atom stereocenters. The smallest absolute Gasteiger partial charge is 0.415 e. The van der Waals surface area contributed by atoms with E-state index in [0.29, 0.717) is 43.1 Å². The Bertz CT molecular complexity index is 1190. The molecule has 3 N–H and O–H groups in total. The minimum atomic E-state index is -0.532. The minimum Gasteiger partial charge on any atom is -0.504 e. The Morgan fingerprint density at radius 2 is 1.62 bits per heavy atom. The van der Waals surface area contributed by atoms with E-state index in [2.05, 4.69) is 0 Å². The number of methoxy groups -OCH3 is 2. The summed E-state index contributed by atoms with van der Waals surface area (Å²) in [5.74, 6) is 0.0709. The number of hydrogen-bond acceptors (Lipinski definition) is 9. The first-order chi connectivity index (χ1) is 17.8. The molecule has 1 fully saturated rings. The van der Waals surface area contributed by atoms with Gasteiger partial charge < -0.3 is 34.7 Å². The lowest BCUT2D eigenvalue weighted by Gasteiger charge is -2.31. The van der Waals surface area contributed by atoms with Crippen molar-refractivity contribution in [3.8, 4) is 23.0 Å². The Morgan fingerprint density at radius 1 is 1.00 bits per heavy atom. The normalized spacial score (nSPS) is 15.6. The molecule has 1 saturated heterocycles. The highest BCUT2D eigenvalue weighted by Crippen LogP contribution is 2.29. The summed E-state index contributed by atoms with van der Waals surface area (Å²) in [7, 11) is 2.87. The van der Waals surface area contributed by atoms with Crippen LogP contribution in [-0.2, 0) is 14.3 Å². The lowest BCUT2D eigenvalue weighted by Crippen LogP contribution is -2.49. The van der Waals surface area contributed by atoms with Crippen LogP contribution in [-0.4, -0.2) is 74.2 Å². The summed E-state index contributed by atoms with van der Waals surface area (Å²) in [4.78, 5) is 38.5. The Kier molecular flexibility index (Phi) is 9.82. The zero-order valence-electron chi connectivity index (χ0n) is 20.7. The Hall–Kier alpha value is -4.15. The molecule has 37 heavy (non-hydrogen) atoms. The van der Waals surface area contributed by atoms with Gasteiger partial charge in [0.15, 0.2) is 34.6 Å². The number of amides is 1. The maximum Gasteiger partial charge on any atom is 0.415 e. The lowest BCUT2D eigenvalue weighted by atomic mass is 10.1. The largest absolute Gasteiger partial charge is 0.504 e. The topological polar surface area (TPSA) is 138 Å². The number of phenolic OH excluding ortho intramolecular Hbond substituents is 1. The van der Waals surface area contributed by atoms with Crippen LogP contribution in [0.15, 0.2) is 48.6 Å². The first-order valence-corrected chi connectivity index (χ1v) is 11.6. The zero-order chi connectivity index (χ0) is 26.8. The van der Waals surface area contributed by atoms with Crippen LogP contribution < -0.4 is 19.9 Å². The van der Waals surface area contributed by atoms with Crippen LogP contribution in [0.25, 0.3) is 12.2 Å². The van der Waals surface area contributed by atoms with Gasteiger partial charge in [0.2, 0.25) is 0 Å².